The number of hydrogen-bond acceptors (Lipinski definition) is 4. The van der Waals surface area contributed by atoms with Crippen LogP contribution in [0.3, 0.4) is 0 Å². The Morgan fingerprint density at radius 2 is 0.956 bits per heavy atom. The van der Waals surface area contributed by atoms with Gasteiger partial charge in [-0.1, -0.05) is 186 Å². The van der Waals surface area contributed by atoms with Crippen molar-refractivity contribution in [1.29, 1.82) is 0 Å². The number of carbonyl (C=O) groups excluding carboxylic acids is 1. The van der Waals surface area contributed by atoms with Crippen LogP contribution >= 0.6 is 0 Å². The number of aliphatic hydroxyl groups excluding tert-OH is 3. The summed E-state index contributed by atoms with van der Waals surface area (Å²) >= 11 is 0. The molecule has 1 amide bonds. The van der Waals surface area contributed by atoms with Crippen molar-refractivity contribution >= 4 is 5.91 Å². The molecule has 5 heteroatoms. The van der Waals surface area contributed by atoms with Gasteiger partial charge in [0, 0.05) is 6.42 Å². The molecule has 4 N–H and O–H groups in total. The number of aliphatic hydroxyl groups is 3. The third kappa shape index (κ3) is 31.2. The fourth-order valence-corrected chi connectivity index (χ4v) is 5.98. The first-order chi connectivity index (χ1) is 22.1. The standard InChI is InChI=1S/C40H77NO4/c1-3-5-7-9-11-13-15-17-18-19-20-21-23-24-26-28-30-32-34-38(43)40(45)37(36-42)41-39(44)35-33-31-29-27-25-22-16-14-12-10-8-6-4-2/h22,25,29,31,37-38,40,42-43,45H,3-21,23-24,26-28,30,32-36H2,1-2H3,(H,41,44)/b25-22-,31-29-. The number of hydrogen-bond donors (Lipinski definition) is 4. The molecule has 0 fully saturated rings. The zero-order valence-corrected chi connectivity index (χ0v) is 30.0. The van der Waals surface area contributed by atoms with Gasteiger partial charge in [-0.25, -0.2) is 0 Å². The summed E-state index contributed by atoms with van der Waals surface area (Å²) in [4.78, 5) is 12.3. The zero-order valence-electron chi connectivity index (χ0n) is 30.0. The summed E-state index contributed by atoms with van der Waals surface area (Å²) in [5.41, 5.74) is 0. The molecule has 5 nitrogen and oxygen atoms in total. The van der Waals surface area contributed by atoms with E-state index in [-0.39, 0.29) is 12.5 Å². The fourth-order valence-electron chi connectivity index (χ4n) is 5.98. The highest BCUT2D eigenvalue weighted by atomic mass is 16.3. The van der Waals surface area contributed by atoms with Crippen LogP contribution in [0.15, 0.2) is 24.3 Å². The topological polar surface area (TPSA) is 89.8 Å². The van der Waals surface area contributed by atoms with Gasteiger partial charge in [0.15, 0.2) is 0 Å². The molecule has 0 bridgehead atoms. The van der Waals surface area contributed by atoms with Crippen LogP contribution < -0.4 is 5.32 Å². The summed E-state index contributed by atoms with van der Waals surface area (Å²) < 4.78 is 0. The molecule has 0 aromatic carbocycles. The predicted octanol–water partition coefficient (Wildman–Crippen LogP) is 10.7. The number of unbranched alkanes of at least 4 members (excludes halogenated alkanes) is 23. The molecule has 0 aliphatic rings. The molecule has 3 unspecified atom stereocenters. The lowest BCUT2D eigenvalue weighted by Crippen LogP contribution is -2.50. The second kappa shape index (κ2) is 35.7. The van der Waals surface area contributed by atoms with E-state index >= 15 is 0 Å². The summed E-state index contributed by atoms with van der Waals surface area (Å²) in [6.07, 6.45) is 41.4. The van der Waals surface area contributed by atoms with Crippen LogP contribution in [0.2, 0.25) is 0 Å². The lowest BCUT2D eigenvalue weighted by Gasteiger charge is -2.26. The zero-order chi connectivity index (χ0) is 33.1. The van der Waals surface area contributed by atoms with Crippen LogP contribution in [0.4, 0.5) is 0 Å². The van der Waals surface area contributed by atoms with Gasteiger partial charge in [-0.05, 0) is 32.1 Å². The van der Waals surface area contributed by atoms with Crippen molar-refractivity contribution in [3.8, 4) is 0 Å². The van der Waals surface area contributed by atoms with E-state index in [2.05, 4.69) is 37.4 Å². The fraction of sp³-hybridized carbons (Fsp3) is 0.875. The van der Waals surface area contributed by atoms with Gasteiger partial charge in [0.05, 0.1) is 18.8 Å². The van der Waals surface area contributed by atoms with Crippen molar-refractivity contribution in [3.63, 3.8) is 0 Å². The first kappa shape index (κ1) is 43.8. The molecule has 0 aliphatic carbocycles. The smallest absolute Gasteiger partial charge is 0.220 e. The van der Waals surface area contributed by atoms with Gasteiger partial charge >= 0.3 is 0 Å². The first-order valence-electron chi connectivity index (χ1n) is 19.6. The van der Waals surface area contributed by atoms with E-state index < -0.39 is 18.2 Å². The summed E-state index contributed by atoms with van der Waals surface area (Å²) in [6, 6.07) is -0.836. The van der Waals surface area contributed by atoms with Gasteiger partial charge in [-0.15, -0.1) is 0 Å². The summed E-state index contributed by atoms with van der Waals surface area (Å²) in [7, 11) is 0. The maximum absolute atomic E-state index is 12.3. The highest BCUT2D eigenvalue weighted by Crippen LogP contribution is 2.16. The second-order valence-corrected chi connectivity index (χ2v) is 13.5. The van der Waals surface area contributed by atoms with Crippen LogP contribution in [0, 0.1) is 0 Å². The molecular weight excluding hydrogens is 558 g/mol. The summed E-state index contributed by atoms with van der Waals surface area (Å²) in [5.74, 6) is -0.211. The molecule has 45 heavy (non-hydrogen) atoms. The van der Waals surface area contributed by atoms with Gasteiger partial charge in [0.2, 0.25) is 5.91 Å². The maximum atomic E-state index is 12.3. The van der Waals surface area contributed by atoms with E-state index in [1.54, 1.807) is 0 Å². The molecule has 0 radical (unpaired) electrons. The van der Waals surface area contributed by atoms with E-state index in [9.17, 15) is 20.1 Å². The van der Waals surface area contributed by atoms with Crippen LogP contribution in [-0.4, -0.2) is 46.1 Å². The van der Waals surface area contributed by atoms with Crippen molar-refractivity contribution in [2.45, 2.75) is 218 Å². The maximum Gasteiger partial charge on any atom is 0.220 e. The van der Waals surface area contributed by atoms with E-state index in [4.69, 9.17) is 0 Å². The average Bonchev–Trinajstić information content (AvgIpc) is 3.04. The van der Waals surface area contributed by atoms with Gasteiger partial charge in [-0.2, -0.15) is 0 Å². The highest BCUT2D eigenvalue weighted by Gasteiger charge is 2.26. The Hall–Kier alpha value is -1.17. The lowest BCUT2D eigenvalue weighted by atomic mass is 9.99. The molecule has 0 aromatic rings. The van der Waals surface area contributed by atoms with E-state index in [0.717, 1.165) is 32.1 Å². The quantitative estimate of drug-likeness (QED) is 0.0412. The number of carbonyl (C=O) groups is 1. The van der Waals surface area contributed by atoms with Crippen molar-refractivity contribution in [2.75, 3.05) is 6.61 Å². The van der Waals surface area contributed by atoms with E-state index in [1.807, 2.05) is 6.08 Å². The Kier molecular flexibility index (Phi) is 34.8. The van der Waals surface area contributed by atoms with Crippen LogP contribution in [0.1, 0.15) is 200 Å². The predicted molar refractivity (Wildman–Crippen MR) is 195 cm³/mol. The van der Waals surface area contributed by atoms with Gasteiger partial charge in [0.1, 0.15) is 6.10 Å². The van der Waals surface area contributed by atoms with Gasteiger partial charge < -0.3 is 20.6 Å². The minimum Gasteiger partial charge on any atom is -0.394 e. The van der Waals surface area contributed by atoms with Crippen LogP contribution in [-0.2, 0) is 4.79 Å². The number of allylic oxidation sites excluding steroid dienone is 4. The molecule has 3 atom stereocenters. The average molecular weight is 636 g/mol. The molecule has 0 aromatic heterocycles. The van der Waals surface area contributed by atoms with Crippen molar-refractivity contribution in [3.05, 3.63) is 24.3 Å². The molecule has 0 rings (SSSR count). The van der Waals surface area contributed by atoms with E-state index in [0.29, 0.717) is 19.3 Å². The van der Waals surface area contributed by atoms with Crippen molar-refractivity contribution in [1.82, 2.24) is 5.32 Å². The first-order valence-corrected chi connectivity index (χ1v) is 19.6. The molecule has 0 saturated heterocycles. The molecule has 0 aliphatic heterocycles. The lowest BCUT2D eigenvalue weighted by molar-refractivity contribution is -0.124. The number of amides is 1. The highest BCUT2D eigenvalue weighted by molar-refractivity contribution is 5.76. The number of nitrogens with one attached hydrogen (secondary N) is 1. The van der Waals surface area contributed by atoms with Gasteiger partial charge in [-0.3, -0.25) is 4.79 Å². The molecule has 0 heterocycles. The Bertz CT molecular complexity index is 665. The van der Waals surface area contributed by atoms with Crippen LogP contribution in [0.25, 0.3) is 0 Å². The molecule has 0 spiro atoms. The van der Waals surface area contributed by atoms with Crippen LogP contribution in [0.5, 0.6) is 0 Å². The Morgan fingerprint density at radius 1 is 0.556 bits per heavy atom. The number of rotatable bonds is 35. The summed E-state index contributed by atoms with van der Waals surface area (Å²) in [5, 5.41) is 33.3. The third-order valence-electron chi connectivity index (χ3n) is 9.07. The van der Waals surface area contributed by atoms with Gasteiger partial charge in [0.25, 0.3) is 0 Å². The SMILES string of the molecule is CCCCCCCC/C=C\C/C=C\CCC(=O)NC(CO)C(O)C(O)CCCCCCCCCCCCCCCCCCCC. The largest absolute Gasteiger partial charge is 0.394 e. The molecule has 266 valence electrons. The minimum atomic E-state index is -1.16. The molecule has 0 saturated carbocycles. The third-order valence-corrected chi connectivity index (χ3v) is 9.07. The Morgan fingerprint density at radius 3 is 1.40 bits per heavy atom. The summed E-state index contributed by atoms with van der Waals surface area (Å²) in [6.45, 7) is 4.14. The monoisotopic (exact) mass is 636 g/mol. The van der Waals surface area contributed by atoms with Crippen molar-refractivity contribution < 1.29 is 20.1 Å². The Balaban J connectivity index is 3.71. The normalized spacial score (nSPS) is 14.0. The minimum absolute atomic E-state index is 0.211. The molecular formula is C40H77NO4. The Labute approximate surface area is 280 Å². The van der Waals surface area contributed by atoms with Crippen molar-refractivity contribution in [2.24, 2.45) is 0 Å². The van der Waals surface area contributed by atoms with E-state index in [1.165, 1.54) is 135 Å². The second-order valence-electron chi connectivity index (χ2n) is 13.5.